The summed E-state index contributed by atoms with van der Waals surface area (Å²) in [4.78, 5) is 14.0. The van der Waals surface area contributed by atoms with Crippen molar-refractivity contribution in [3.63, 3.8) is 0 Å². The van der Waals surface area contributed by atoms with E-state index in [1.54, 1.807) is 0 Å². The standard InChI is InChI=1S/C7H4ClN3O4S/c8-16(14,15)5-3-9-11-2-1-4(7(12)13)10-6(5)11/h1-3H,(H,12,13). The second-order valence-electron chi connectivity index (χ2n) is 2.83. The maximum absolute atomic E-state index is 11.1. The molecule has 2 heterocycles. The summed E-state index contributed by atoms with van der Waals surface area (Å²) in [6.45, 7) is 0. The van der Waals surface area contributed by atoms with E-state index in [0.29, 0.717) is 0 Å². The SMILES string of the molecule is O=C(O)c1ccn2ncc(S(=O)(=O)Cl)c2n1. The fourth-order valence-corrected chi connectivity index (χ4v) is 2.00. The van der Waals surface area contributed by atoms with E-state index in [0.717, 1.165) is 10.7 Å². The lowest BCUT2D eigenvalue weighted by Crippen LogP contribution is -2.03. The molecule has 0 radical (unpaired) electrons. The number of hydrogen-bond acceptors (Lipinski definition) is 5. The second-order valence-corrected chi connectivity index (χ2v) is 5.37. The third-order valence-electron chi connectivity index (χ3n) is 1.82. The van der Waals surface area contributed by atoms with Gasteiger partial charge < -0.3 is 5.11 Å². The Balaban J connectivity index is 2.80. The first-order valence-electron chi connectivity index (χ1n) is 3.92. The molecule has 1 N–H and O–H groups in total. The normalized spacial score (nSPS) is 11.8. The molecule has 16 heavy (non-hydrogen) atoms. The van der Waals surface area contributed by atoms with E-state index in [2.05, 4.69) is 10.1 Å². The van der Waals surface area contributed by atoms with Crippen molar-refractivity contribution in [2.24, 2.45) is 0 Å². The lowest BCUT2D eigenvalue weighted by Gasteiger charge is -1.96. The Morgan fingerprint density at radius 2 is 2.19 bits per heavy atom. The first kappa shape index (κ1) is 10.8. The van der Waals surface area contributed by atoms with Gasteiger partial charge in [-0.2, -0.15) is 5.10 Å². The Labute approximate surface area is 93.7 Å². The molecule has 2 aromatic heterocycles. The van der Waals surface area contributed by atoms with E-state index < -0.39 is 15.0 Å². The number of aromatic carboxylic acids is 1. The highest BCUT2D eigenvalue weighted by Gasteiger charge is 2.19. The zero-order valence-corrected chi connectivity index (χ0v) is 9.10. The maximum Gasteiger partial charge on any atom is 0.354 e. The van der Waals surface area contributed by atoms with Gasteiger partial charge in [-0.25, -0.2) is 22.7 Å². The van der Waals surface area contributed by atoms with Crippen LogP contribution in [0.5, 0.6) is 0 Å². The Morgan fingerprint density at radius 3 is 2.75 bits per heavy atom. The highest BCUT2D eigenvalue weighted by molar-refractivity contribution is 8.13. The van der Waals surface area contributed by atoms with Crippen molar-refractivity contribution >= 4 is 31.3 Å². The molecule has 0 amide bonds. The summed E-state index contributed by atoms with van der Waals surface area (Å²) < 4.78 is 23.4. The average molecular weight is 262 g/mol. The molecule has 0 atom stereocenters. The summed E-state index contributed by atoms with van der Waals surface area (Å²) in [5.41, 5.74) is -0.399. The van der Waals surface area contributed by atoms with Crippen LogP contribution in [0, 0.1) is 0 Å². The third-order valence-corrected chi connectivity index (χ3v) is 3.13. The van der Waals surface area contributed by atoms with Gasteiger partial charge in [0.15, 0.2) is 11.3 Å². The molecule has 0 aliphatic carbocycles. The van der Waals surface area contributed by atoms with Crippen molar-refractivity contribution < 1.29 is 18.3 Å². The molecule has 0 aliphatic heterocycles. The van der Waals surface area contributed by atoms with Gasteiger partial charge in [0, 0.05) is 16.9 Å². The van der Waals surface area contributed by atoms with Crippen molar-refractivity contribution in [1.82, 2.24) is 14.6 Å². The molecule has 2 aromatic rings. The number of halogens is 1. The summed E-state index contributed by atoms with van der Waals surface area (Å²) in [5, 5.41) is 12.4. The number of carboxylic acids is 1. The Morgan fingerprint density at radius 1 is 1.50 bits per heavy atom. The molecule has 0 saturated carbocycles. The van der Waals surface area contributed by atoms with Crippen molar-refractivity contribution in [3.8, 4) is 0 Å². The largest absolute Gasteiger partial charge is 0.477 e. The maximum atomic E-state index is 11.1. The van der Waals surface area contributed by atoms with Crippen molar-refractivity contribution in [2.45, 2.75) is 4.90 Å². The van der Waals surface area contributed by atoms with Crippen LogP contribution in [-0.2, 0) is 9.05 Å². The van der Waals surface area contributed by atoms with Crippen molar-refractivity contribution in [3.05, 3.63) is 24.2 Å². The highest BCUT2D eigenvalue weighted by Crippen LogP contribution is 2.19. The number of carboxylic acid groups (broad SMARTS) is 1. The topological polar surface area (TPSA) is 102 Å². The van der Waals surface area contributed by atoms with Gasteiger partial charge >= 0.3 is 5.97 Å². The van der Waals surface area contributed by atoms with Crippen LogP contribution in [0.2, 0.25) is 0 Å². The van der Waals surface area contributed by atoms with E-state index in [-0.39, 0.29) is 16.2 Å². The Bertz CT molecular complexity index is 678. The fraction of sp³-hybridized carbons (Fsp3) is 0. The predicted octanol–water partition coefficient (Wildman–Crippen LogP) is 0.355. The third kappa shape index (κ3) is 1.72. The second kappa shape index (κ2) is 3.42. The van der Waals surface area contributed by atoms with Crippen LogP contribution in [0.15, 0.2) is 23.4 Å². The minimum Gasteiger partial charge on any atom is -0.477 e. The Kier molecular flexibility index (Phi) is 2.32. The van der Waals surface area contributed by atoms with Crippen LogP contribution in [0.4, 0.5) is 0 Å². The zero-order valence-electron chi connectivity index (χ0n) is 7.53. The lowest BCUT2D eigenvalue weighted by molar-refractivity contribution is 0.0690. The van der Waals surface area contributed by atoms with Gasteiger partial charge in [0.05, 0.1) is 6.20 Å². The summed E-state index contributed by atoms with van der Waals surface area (Å²) in [6, 6.07) is 1.20. The molecule has 9 heteroatoms. The fourth-order valence-electron chi connectivity index (χ4n) is 1.14. The number of aromatic nitrogens is 3. The monoisotopic (exact) mass is 261 g/mol. The van der Waals surface area contributed by atoms with Gasteiger partial charge in [-0.3, -0.25) is 0 Å². The summed E-state index contributed by atoms with van der Waals surface area (Å²) in [5.74, 6) is -1.26. The number of nitrogens with zero attached hydrogens (tertiary/aromatic N) is 3. The van der Waals surface area contributed by atoms with E-state index in [4.69, 9.17) is 15.8 Å². The average Bonchev–Trinajstić information content (AvgIpc) is 2.58. The molecule has 0 unspecified atom stereocenters. The van der Waals surface area contributed by atoms with Crippen molar-refractivity contribution in [1.29, 1.82) is 0 Å². The molecular formula is C7H4ClN3O4S. The molecule has 2 rings (SSSR count). The number of rotatable bonds is 2. The first-order chi connectivity index (χ1) is 7.39. The van der Waals surface area contributed by atoms with E-state index in [1.165, 1.54) is 12.3 Å². The Hall–Kier alpha value is -1.67. The molecule has 0 saturated heterocycles. The van der Waals surface area contributed by atoms with Crippen LogP contribution >= 0.6 is 10.7 Å². The van der Waals surface area contributed by atoms with E-state index >= 15 is 0 Å². The molecular weight excluding hydrogens is 258 g/mol. The number of hydrogen-bond donors (Lipinski definition) is 1. The van der Waals surface area contributed by atoms with Gasteiger partial charge in [-0.05, 0) is 6.07 Å². The molecule has 0 spiro atoms. The van der Waals surface area contributed by atoms with E-state index in [1.807, 2.05) is 0 Å². The van der Waals surface area contributed by atoms with Gasteiger partial charge in [0.25, 0.3) is 9.05 Å². The van der Waals surface area contributed by atoms with Crippen LogP contribution in [0.3, 0.4) is 0 Å². The van der Waals surface area contributed by atoms with Crippen LogP contribution in [0.1, 0.15) is 10.5 Å². The van der Waals surface area contributed by atoms with Gasteiger partial charge in [-0.1, -0.05) is 0 Å². The van der Waals surface area contributed by atoms with E-state index in [9.17, 15) is 13.2 Å². The smallest absolute Gasteiger partial charge is 0.354 e. The minimum atomic E-state index is -4.00. The molecule has 0 fully saturated rings. The minimum absolute atomic E-state index is 0.116. The lowest BCUT2D eigenvalue weighted by atomic mass is 10.4. The summed E-state index contributed by atoms with van der Waals surface area (Å²) in [6.07, 6.45) is 2.30. The summed E-state index contributed by atoms with van der Waals surface area (Å²) >= 11 is 0. The zero-order chi connectivity index (χ0) is 11.9. The molecule has 7 nitrogen and oxygen atoms in total. The molecule has 0 aromatic carbocycles. The van der Waals surface area contributed by atoms with Gasteiger partial charge in [0.2, 0.25) is 0 Å². The first-order valence-corrected chi connectivity index (χ1v) is 6.23. The number of carbonyl (C=O) groups is 1. The molecule has 0 aliphatic rings. The number of fused-ring (bicyclic) bond motifs is 1. The van der Waals surface area contributed by atoms with Crippen LogP contribution < -0.4 is 0 Å². The molecule has 84 valence electrons. The van der Waals surface area contributed by atoms with Crippen LogP contribution in [-0.4, -0.2) is 34.1 Å². The predicted molar refractivity (Wildman–Crippen MR) is 53.0 cm³/mol. The summed E-state index contributed by atoms with van der Waals surface area (Å²) in [7, 11) is 1.15. The van der Waals surface area contributed by atoms with Gasteiger partial charge in [-0.15, -0.1) is 0 Å². The quantitative estimate of drug-likeness (QED) is 0.783. The van der Waals surface area contributed by atoms with Crippen molar-refractivity contribution in [2.75, 3.05) is 0 Å². The highest BCUT2D eigenvalue weighted by atomic mass is 35.7. The van der Waals surface area contributed by atoms with Gasteiger partial charge in [0.1, 0.15) is 4.90 Å². The molecule has 0 bridgehead atoms. The van der Waals surface area contributed by atoms with Crippen LogP contribution in [0.25, 0.3) is 5.65 Å².